The van der Waals surface area contributed by atoms with Crippen molar-refractivity contribution in [2.24, 2.45) is 11.7 Å². The first-order chi connectivity index (χ1) is 9.32. The van der Waals surface area contributed by atoms with Crippen molar-refractivity contribution in [1.82, 2.24) is 4.31 Å². The molecule has 0 spiro atoms. The van der Waals surface area contributed by atoms with Crippen LogP contribution in [0, 0.1) is 5.92 Å². The zero-order chi connectivity index (χ0) is 14.9. The van der Waals surface area contributed by atoms with E-state index < -0.39 is 10.0 Å². The molecule has 1 aromatic carbocycles. The molecule has 0 radical (unpaired) electrons. The lowest BCUT2D eigenvalue weighted by Gasteiger charge is -2.35. The van der Waals surface area contributed by atoms with Gasteiger partial charge in [-0.05, 0) is 50.3 Å². The summed E-state index contributed by atoms with van der Waals surface area (Å²) in [4.78, 5) is 0.355. The van der Waals surface area contributed by atoms with Gasteiger partial charge in [0.1, 0.15) is 0 Å². The van der Waals surface area contributed by atoms with E-state index in [0.717, 1.165) is 18.4 Å². The van der Waals surface area contributed by atoms with Crippen LogP contribution in [0.3, 0.4) is 0 Å². The van der Waals surface area contributed by atoms with Gasteiger partial charge in [0.25, 0.3) is 0 Å². The molecule has 0 amide bonds. The molecule has 0 aliphatic carbocycles. The Morgan fingerprint density at radius 1 is 1.30 bits per heavy atom. The number of rotatable bonds is 3. The second kappa shape index (κ2) is 5.84. The summed E-state index contributed by atoms with van der Waals surface area (Å²) in [5, 5.41) is 0. The number of hydrogen-bond acceptors (Lipinski definition) is 3. The van der Waals surface area contributed by atoms with Crippen molar-refractivity contribution in [1.29, 1.82) is 0 Å². The standard InChI is InChI=1S/C15H24N2O2S/c1-11-7-8-12(2)17(10-11)20(18,19)15-6-4-5-14(9-15)13(3)16/h4-6,9,11-13H,7-8,10,16H2,1-3H3. The fraction of sp³-hybridized carbons (Fsp3) is 0.600. The highest BCUT2D eigenvalue weighted by molar-refractivity contribution is 7.89. The van der Waals surface area contributed by atoms with Gasteiger partial charge in [0.05, 0.1) is 4.90 Å². The molecule has 0 aromatic heterocycles. The summed E-state index contributed by atoms with van der Waals surface area (Å²) in [6, 6.07) is 6.90. The minimum Gasteiger partial charge on any atom is -0.324 e. The highest BCUT2D eigenvalue weighted by Gasteiger charge is 2.33. The predicted octanol–water partition coefficient (Wildman–Crippen LogP) is 2.52. The summed E-state index contributed by atoms with van der Waals surface area (Å²) in [5.74, 6) is 0.414. The van der Waals surface area contributed by atoms with E-state index in [4.69, 9.17) is 5.73 Å². The smallest absolute Gasteiger partial charge is 0.243 e. The van der Waals surface area contributed by atoms with Gasteiger partial charge < -0.3 is 5.73 Å². The molecule has 20 heavy (non-hydrogen) atoms. The molecule has 112 valence electrons. The summed E-state index contributed by atoms with van der Waals surface area (Å²) in [6.45, 7) is 6.55. The Morgan fingerprint density at radius 2 is 2.00 bits per heavy atom. The third-order valence-electron chi connectivity index (χ3n) is 4.05. The van der Waals surface area contributed by atoms with Crippen molar-refractivity contribution in [3.63, 3.8) is 0 Å². The molecule has 5 heteroatoms. The lowest BCUT2D eigenvalue weighted by molar-refractivity contribution is 0.218. The Hall–Kier alpha value is -0.910. The normalized spacial score (nSPS) is 26.4. The predicted molar refractivity (Wildman–Crippen MR) is 80.8 cm³/mol. The second-order valence-corrected chi connectivity index (χ2v) is 7.86. The summed E-state index contributed by atoms with van der Waals surface area (Å²) in [6.07, 6.45) is 2.01. The van der Waals surface area contributed by atoms with E-state index in [1.165, 1.54) is 0 Å². The molecule has 4 nitrogen and oxygen atoms in total. The topological polar surface area (TPSA) is 63.4 Å². The molecule has 2 rings (SSSR count). The average Bonchev–Trinajstić information content (AvgIpc) is 2.41. The molecular weight excluding hydrogens is 272 g/mol. The molecule has 3 unspecified atom stereocenters. The van der Waals surface area contributed by atoms with Gasteiger partial charge in [0.15, 0.2) is 0 Å². The molecule has 2 N–H and O–H groups in total. The molecule has 0 saturated carbocycles. The molecular formula is C15H24N2O2S. The van der Waals surface area contributed by atoms with Gasteiger partial charge in [-0.1, -0.05) is 19.1 Å². The molecule has 1 fully saturated rings. The van der Waals surface area contributed by atoms with Crippen molar-refractivity contribution < 1.29 is 8.42 Å². The number of sulfonamides is 1. The van der Waals surface area contributed by atoms with Gasteiger partial charge in [0.2, 0.25) is 10.0 Å². The van der Waals surface area contributed by atoms with Crippen LogP contribution in [0.25, 0.3) is 0 Å². The maximum atomic E-state index is 12.8. The maximum Gasteiger partial charge on any atom is 0.243 e. The van der Waals surface area contributed by atoms with E-state index in [-0.39, 0.29) is 12.1 Å². The lowest BCUT2D eigenvalue weighted by atomic mass is 9.97. The first-order valence-corrected chi connectivity index (χ1v) is 8.63. The zero-order valence-electron chi connectivity index (χ0n) is 12.4. The van der Waals surface area contributed by atoms with Crippen LogP contribution in [0.5, 0.6) is 0 Å². The highest BCUT2D eigenvalue weighted by Crippen LogP contribution is 2.28. The Bertz CT molecular complexity index is 569. The minimum atomic E-state index is -3.42. The average molecular weight is 296 g/mol. The van der Waals surface area contributed by atoms with Crippen LogP contribution in [0.1, 0.15) is 45.2 Å². The van der Waals surface area contributed by atoms with E-state index >= 15 is 0 Å². The molecule has 1 aliphatic heterocycles. The van der Waals surface area contributed by atoms with Crippen LogP contribution in [0.2, 0.25) is 0 Å². The molecule has 1 heterocycles. The van der Waals surface area contributed by atoms with Gasteiger partial charge in [0, 0.05) is 18.6 Å². The number of nitrogens with two attached hydrogens (primary N) is 1. The van der Waals surface area contributed by atoms with Gasteiger partial charge in [-0.25, -0.2) is 8.42 Å². The minimum absolute atomic E-state index is 0.0650. The first-order valence-electron chi connectivity index (χ1n) is 7.19. The Kier molecular flexibility index (Phi) is 4.52. The first kappa shape index (κ1) is 15.5. The van der Waals surface area contributed by atoms with Crippen molar-refractivity contribution >= 4 is 10.0 Å². The van der Waals surface area contributed by atoms with Crippen LogP contribution in [0.15, 0.2) is 29.2 Å². The van der Waals surface area contributed by atoms with Crippen molar-refractivity contribution in [2.75, 3.05) is 6.54 Å². The third-order valence-corrected chi connectivity index (χ3v) is 6.03. The number of piperidine rings is 1. The Labute approximate surface area is 122 Å². The molecule has 0 bridgehead atoms. The summed E-state index contributed by atoms with van der Waals surface area (Å²) >= 11 is 0. The van der Waals surface area contributed by atoms with Crippen LogP contribution >= 0.6 is 0 Å². The monoisotopic (exact) mass is 296 g/mol. The summed E-state index contributed by atoms with van der Waals surface area (Å²) in [7, 11) is -3.42. The van der Waals surface area contributed by atoms with E-state index in [2.05, 4.69) is 6.92 Å². The summed E-state index contributed by atoms with van der Waals surface area (Å²) < 4.78 is 27.2. The highest BCUT2D eigenvalue weighted by atomic mass is 32.2. The molecule has 3 atom stereocenters. The lowest BCUT2D eigenvalue weighted by Crippen LogP contribution is -2.44. The van der Waals surface area contributed by atoms with E-state index in [0.29, 0.717) is 17.4 Å². The van der Waals surface area contributed by atoms with Crippen molar-refractivity contribution in [2.45, 2.75) is 50.6 Å². The number of hydrogen-bond donors (Lipinski definition) is 1. The Balaban J connectivity index is 2.36. The van der Waals surface area contributed by atoms with Gasteiger partial charge >= 0.3 is 0 Å². The second-order valence-electron chi connectivity index (χ2n) is 5.97. The number of nitrogens with zero attached hydrogens (tertiary/aromatic N) is 1. The van der Waals surface area contributed by atoms with Gasteiger partial charge in [-0.15, -0.1) is 0 Å². The largest absolute Gasteiger partial charge is 0.324 e. The van der Waals surface area contributed by atoms with Crippen molar-refractivity contribution in [3.05, 3.63) is 29.8 Å². The third kappa shape index (κ3) is 3.05. The molecule has 1 aliphatic rings. The fourth-order valence-electron chi connectivity index (χ4n) is 2.68. The SMILES string of the molecule is CC1CCC(C)N(S(=O)(=O)c2cccc(C(C)N)c2)C1. The van der Waals surface area contributed by atoms with Crippen molar-refractivity contribution in [3.8, 4) is 0 Å². The summed E-state index contributed by atoms with van der Waals surface area (Å²) in [5.41, 5.74) is 6.70. The molecule has 1 saturated heterocycles. The van der Waals surface area contributed by atoms with Crippen LogP contribution in [-0.2, 0) is 10.0 Å². The van der Waals surface area contributed by atoms with E-state index in [9.17, 15) is 8.42 Å². The van der Waals surface area contributed by atoms with E-state index in [1.54, 1.807) is 22.5 Å². The van der Waals surface area contributed by atoms with E-state index in [1.807, 2.05) is 19.9 Å². The fourth-order valence-corrected chi connectivity index (χ4v) is 4.51. The number of benzene rings is 1. The van der Waals surface area contributed by atoms with Crippen LogP contribution in [0.4, 0.5) is 0 Å². The van der Waals surface area contributed by atoms with Crippen LogP contribution < -0.4 is 5.73 Å². The van der Waals surface area contributed by atoms with Gasteiger partial charge in [-0.2, -0.15) is 4.31 Å². The molecule has 1 aromatic rings. The quantitative estimate of drug-likeness (QED) is 0.932. The zero-order valence-corrected chi connectivity index (χ0v) is 13.2. The Morgan fingerprint density at radius 3 is 2.65 bits per heavy atom. The maximum absolute atomic E-state index is 12.8. The van der Waals surface area contributed by atoms with Gasteiger partial charge in [-0.3, -0.25) is 0 Å². The van der Waals surface area contributed by atoms with Crippen LogP contribution in [-0.4, -0.2) is 25.3 Å².